The molecule has 1 atom stereocenters. The molecule has 0 amide bonds. The van der Waals surface area contributed by atoms with Gasteiger partial charge in [-0.15, -0.1) is 0 Å². The molecule has 1 aromatic rings. The highest BCUT2D eigenvalue weighted by Crippen LogP contribution is 2.38. The van der Waals surface area contributed by atoms with Crippen molar-refractivity contribution >= 4 is 23.5 Å². The lowest BCUT2D eigenvalue weighted by Gasteiger charge is -2.26. The van der Waals surface area contributed by atoms with Crippen LogP contribution in [0.2, 0.25) is 5.02 Å². The third kappa shape index (κ3) is 2.40. The van der Waals surface area contributed by atoms with Crippen LogP contribution < -0.4 is 5.32 Å². The third-order valence-electron chi connectivity index (χ3n) is 3.14. The molecular weight excluding hydrogens is 282 g/mol. The van der Waals surface area contributed by atoms with Gasteiger partial charge in [-0.1, -0.05) is 29.8 Å². The average molecular weight is 294 g/mol. The number of dihydropyridines is 1. The Morgan fingerprint density at radius 1 is 1.20 bits per heavy atom. The van der Waals surface area contributed by atoms with Gasteiger partial charge in [-0.2, -0.15) is 0 Å². The van der Waals surface area contributed by atoms with Crippen molar-refractivity contribution in [2.75, 3.05) is 0 Å². The molecule has 20 heavy (non-hydrogen) atoms. The number of carboxylic acid groups (broad SMARTS) is 2. The van der Waals surface area contributed by atoms with Crippen LogP contribution in [0.3, 0.4) is 0 Å². The second-order valence-electron chi connectivity index (χ2n) is 4.35. The molecule has 3 N–H and O–H groups in total. The average Bonchev–Trinajstić information content (AvgIpc) is 2.38. The molecule has 0 fully saturated rings. The van der Waals surface area contributed by atoms with Gasteiger partial charge >= 0.3 is 11.9 Å². The van der Waals surface area contributed by atoms with Gasteiger partial charge in [0.2, 0.25) is 0 Å². The lowest BCUT2D eigenvalue weighted by Crippen LogP contribution is -2.28. The van der Waals surface area contributed by atoms with Crippen LogP contribution in [0.25, 0.3) is 0 Å². The molecule has 0 radical (unpaired) electrons. The number of benzene rings is 1. The predicted octanol–water partition coefficient (Wildman–Crippen LogP) is 2.35. The van der Waals surface area contributed by atoms with Gasteiger partial charge in [0.25, 0.3) is 0 Å². The van der Waals surface area contributed by atoms with Crippen LogP contribution in [0, 0.1) is 0 Å². The number of carbonyl (C=O) groups is 2. The molecular formula is C14H12ClNO4. The molecule has 5 nitrogen and oxygen atoms in total. The maximum Gasteiger partial charge on any atom is 0.334 e. The Hall–Kier alpha value is -2.27. The highest BCUT2D eigenvalue weighted by Gasteiger charge is 2.35. The number of aliphatic carboxylic acids is 2. The third-order valence-corrected chi connectivity index (χ3v) is 3.49. The number of rotatable bonds is 3. The summed E-state index contributed by atoms with van der Waals surface area (Å²) in [4.78, 5) is 22.8. The van der Waals surface area contributed by atoms with E-state index < -0.39 is 17.9 Å². The number of hydrogen-bond acceptors (Lipinski definition) is 3. The normalized spacial score (nSPS) is 18.3. The van der Waals surface area contributed by atoms with E-state index in [-0.39, 0.29) is 11.1 Å². The molecule has 104 valence electrons. The maximum absolute atomic E-state index is 11.5. The van der Waals surface area contributed by atoms with Gasteiger partial charge < -0.3 is 15.5 Å². The maximum atomic E-state index is 11.5. The second kappa shape index (κ2) is 5.38. The van der Waals surface area contributed by atoms with Crippen molar-refractivity contribution in [3.63, 3.8) is 0 Å². The van der Waals surface area contributed by atoms with Gasteiger partial charge in [-0.3, -0.25) is 0 Å². The summed E-state index contributed by atoms with van der Waals surface area (Å²) in [6.45, 7) is 1.59. The van der Waals surface area contributed by atoms with Crippen LogP contribution in [-0.4, -0.2) is 22.2 Å². The zero-order valence-corrected chi connectivity index (χ0v) is 11.3. The zero-order chi connectivity index (χ0) is 14.9. The molecule has 1 aliphatic heterocycles. The van der Waals surface area contributed by atoms with Gasteiger partial charge in [-0.25, -0.2) is 9.59 Å². The standard InChI is InChI=1S/C14H12ClNO4/c1-7-11(14(19)20)12(9(6-16-7)13(17)18)8-4-2-3-5-10(8)15/h2-6,12,16H,1H3,(H,17,18)(H,19,20). The van der Waals surface area contributed by atoms with Crippen molar-refractivity contribution in [2.45, 2.75) is 12.8 Å². The van der Waals surface area contributed by atoms with Crippen LogP contribution in [0.15, 0.2) is 47.3 Å². The first-order valence-electron chi connectivity index (χ1n) is 5.82. The SMILES string of the molecule is CC1=C(C(=O)O)C(c2ccccc2Cl)C(C(=O)O)=CN1. The van der Waals surface area contributed by atoms with Crippen LogP contribution in [0.4, 0.5) is 0 Å². The Labute approximate surface area is 120 Å². The number of halogens is 1. The molecule has 0 saturated heterocycles. The predicted molar refractivity (Wildman–Crippen MR) is 73.4 cm³/mol. The van der Waals surface area contributed by atoms with Gasteiger partial charge in [-0.05, 0) is 18.6 Å². The first-order valence-corrected chi connectivity index (χ1v) is 6.19. The summed E-state index contributed by atoms with van der Waals surface area (Å²) in [5.74, 6) is -3.26. The second-order valence-corrected chi connectivity index (χ2v) is 4.75. The molecule has 0 bridgehead atoms. The first kappa shape index (κ1) is 14.1. The smallest absolute Gasteiger partial charge is 0.334 e. The fourth-order valence-electron chi connectivity index (χ4n) is 2.22. The molecule has 1 unspecified atom stereocenters. The lowest BCUT2D eigenvalue weighted by atomic mass is 9.82. The van der Waals surface area contributed by atoms with Gasteiger partial charge in [0.05, 0.1) is 17.1 Å². The summed E-state index contributed by atoms with van der Waals surface area (Å²) < 4.78 is 0. The van der Waals surface area contributed by atoms with Crippen LogP contribution >= 0.6 is 11.6 Å². The van der Waals surface area contributed by atoms with E-state index in [1.54, 1.807) is 31.2 Å². The number of nitrogens with one attached hydrogen (secondary N) is 1. The quantitative estimate of drug-likeness (QED) is 0.796. The Morgan fingerprint density at radius 3 is 2.40 bits per heavy atom. The summed E-state index contributed by atoms with van der Waals surface area (Å²) >= 11 is 6.09. The lowest BCUT2D eigenvalue weighted by molar-refractivity contribution is -0.133. The molecule has 0 spiro atoms. The molecule has 1 aromatic carbocycles. The molecule has 1 aliphatic rings. The van der Waals surface area contributed by atoms with E-state index in [0.717, 1.165) is 0 Å². The van der Waals surface area contributed by atoms with Crippen molar-refractivity contribution in [2.24, 2.45) is 0 Å². The van der Waals surface area contributed by atoms with E-state index >= 15 is 0 Å². The number of carboxylic acids is 2. The summed E-state index contributed by atoms with van der Waals surface area (Å²) in [6, 6.07) is 6.63. The monoisotopic (exact) mass is 293 g/mol. The molecule has 0 saturated carbocycles. The van der Waals surface area contributed by atoms with Crippen molar-refractivity contribution in [1.82, 2.24) is 5.32 Å². The minimum absolute atomic E-state index is 0.0157. The summed E-state index contributed by atoms with van der Waals surface area (Å²) in [7, 11) is 0. The van der Waals surface area contributed by atoms with Crippen molar-refractivity contribution in [3.8, 4) is 0 Å². The summed E-state index contributed by atoms with van der Waals surface area (Å²) in [5.41, 5.74) is 0.785. The number of allylic oxidation sites excluding steroid dienone is 1. The van der Waals surface area contributed by atoms with E-state index in [4.69, 9.17) is 11.6 Å². The van der Waals surface area contributed by atoms with E-state index in [1.807, 2.05) is 0 Å². The van der Waals surface area contributed by atoms with E-state index in [2.05, 4.69) is 5.32 Å². The molecule has 0 aromatic heterocycles. The van der Waals surface area contributed by atoms with Crippen LogP contribution in [-0.2, 0) is 9.59 Å². The fourth-order valence-corrected chi connectivity index (χ4v) is 2.47. The first-order chi connectivity index (χ1) is 9.43. The van der Waals surface area contributed by atoms with Gasteiger partial charge in [0, 0.05) is 16.9 Å². The summed E-state index contributed by atoms with van der Waals surface area (Å²) in [6.07, 6.45) is 1.30. The molecule has 2 rings (SSSR count). The van der Waals surface area contributed by atoms with Crippen molar-refractivity contribution in [3.05, 3.63) is 57.9 Å². The Balaban J connectivity index is 2.66. The molecule has 1 heterocycles. The van der Waals surface area contributed by atoms with E-state index in [1.165, 1.54) is 6.20 Å². The number of hydrogen-bond donors (Lipinski definition) is 3. The van der Waals surface area contributed by atoms with Crippen LogP contribution in [0.5, 0.6) is 0 Å². The van der Waals surface area contributed by atoms with E-state index in [9.17, 15) is 19.8 Å². The molecule has 6 heteroatoms. The van der Waals surface area contributed by atoms with E-state index in [0.29, 0.717) is 16.3 Å². The zero-order valence-electron chi connectivity index (χ0n) is 10.6. The Kier molecular flexibility index (Phi) is 3.81. The Morgan fingerprint density at radius 2 is 1.85 bits per heavy atom. The van der Waals surface area contributed by atoms with Crippen molar-refractivity contribution in [1.29, 1.82) is 0 Å². The highest BCUT2D eigenvalue weighted by molar-refractivity contribution is 6.31. The Bertz CT molecular complexity index is 648. The fraction of sp³-hybridized carbons (Fsp3) is 0.143. The van der Waals surface area contributed by atoms with Gasteiger partial charge in [0.15, 0.2) is 0 Å². The summed E-state index contributed by atoms with van der Waals surface area (Å²) in [5, 5.41) is 21.7. The highest BCUT2D eigenvalue weighted by atomic mass is 35.5. The topological polar surface area (TPSA) is 86.6 Å². The molecule has 0 aliphatic carbocycles. The van der Waals surface area contributed by atoms with Crippen molar-refractivity contribution < 1.29 is 19.8 Å². The van der Waals surface area contributed by atoms with Crippen LogP contribution in [0.1, 0.15) is 18.4 Å². The van der Waals surface area contributed by atoms with Gasteiger partial charge in [0.1, 0.15) is 0 Å². The minimum Gasteiger partial charge on any atom is -0.478 e. The minimum atomic E-state index is -1.19. The largest absolute Gasteiger partial charge is 0.478 e.